The molecule has 1 aliphatic heterocycles. The molecular weight excluding hydrogens is 110 g/mol. The van der Waals surface area contributed by atoms with Gasteiger partial charge in [-0.2, -0.15) is 0 Å². The van der Waals surface area contributed by atoms with Gasteiger partial charge in [0.2, 0.25) is 0 Å². The summed E-state index contributed by atoms with van der Waals surface area (Å²) < 4.78 is 0. The highest BCUT2D eigenvalue weighted by molar-refractivity contribution is 8.00. The van der Waals surface area contributed by atoms with Crippen molar-refractivity contribution in [2.75, 3.05) is 5.75 Å². The lowest BCUT2D eigenvalue weighted by Crippen LogP contribution is -1.87. The van der Waals surface area contributed by atoms with E-state index in [1.54, 1.807) is 0 Å². The van der Waals surface area contributed by atoms with Gasteiger partial charge < -0.3 is 5.11 Å². The summed E-state index contributed by atoms with van der Waals surface area (Å²) in [6, 6.07) is 0. The van der Waals surface area contributed by atoms with Crippen LogP contribution in [0.4, 0.5) is 0 Å². The predicted octanol–water partition coefficient (Wildman–Crippen LogP) is 0.470. The van der Waals surface area contributed by atoms with Crippen molar-refractivity contribution >= 4 is 17.5 Å². The summed E-state index contributed by atoms with van der Waals surface area (Å²) in [6.45, 7) is 1.92. The maximum atomic E-state index is 8.68. The third-order valence-electron chi connectivity index (χ3n) is 0.772. The van der Waals surface area contributed by atoms with Gasteiger partial charge >= 0.3 is 0 Å². The Kier molecular flexibility index (Phi) is 1.35. The minimum atomic E-state index is -0.472. The van der Waals surface area contributed by atoms with Crippen molar-refractivity contribution in [2.24, 2.45) is 4.99 Å². The summed E-state index contributed by atoms with van der Waals surface area (Å²) in [5.74, 6) is 0.890. The predicted molar refractivity (Wildman–Crippen MR) is 31.6 cm³/mol. The van der Waals surface area contributed by atoms with E-state index in [1.165, 1.54) is 11.8 Å². The number of aliphatic imine (C=N–C) groups is 1. The summed E-state index contributed by atoms with van der Waals surface area (Å²) in [5, 5.41) is 8.68. The first kappa shape index (κ1) is 5.12. The van der Waals surface area contributed by atoms with E-state index in [1.807, 2.05) is 6.92 Å². The zero-order valence-electron chi connectivity index (χ0n) is 4.09. The molecule has 1 unspecified atom stereocenters. The van der Waals surface area contributed by atoms with Crippen LogP contribution in [0, 0.1) is 0 Å². The van der Waals surface area contributed by atoms with Gasteiger partial charge in [-0.05, 0) is 6.92 Å². The molecule has 40 valence electrons. The summed E-state index contributed by atoms with van der Waals surface area (Å²) >= 11 is 1.46. The van der Waals surface area contributed by atoms with Gasteiger partial charge in [-0.15, -0.1) is 11.8 Å². The van der Waals surface area contributed by atoms with Crippen LogP contribution in [0.5, 0.6) is 0 Å². The molecule has 1 heterocycles. The summed E-state index contributed by atoms with van der Waals surface area (Å²) in [7, 11) is 0. The Labute approximate surface area is 46.6 Å². The molecule has 1 aliphatic rings. The Morgan fingerprint density at radius 3 is 2.86 bits per heavy atom. The van der Waals surface area contributed by atoms with Crippen molar-refractivity contribution in [1.82, 2.24) is 0 Å². The van der Waals surface area contributed by atoms with Crippen LogP contribution in [-0.2, 0) is 0 Å². The third-order valence-corrected chi connectivity index (χ3v) is 1.76. The van der Waals surface area contributed by atoms with Crippen molar-refractivity contribution in [1.29, 1.82) is 0 Å². The van der Waals surface area contributed by atoms with E-state index >= 15 is 0 Å². The molecule has 0 amide bonds. The number of hydrogen-bond acceptors (Lipinski definition) is 3. The second-order valence-corrected chi connectivity index (χ2v) is 2.55. The molecule has 0 fully saturated rings. The quantitative estimate of drug-likeness (QED) is 0.500. The van der Waals surface area contributed by atoms with Crippen molar-refractivity contribution in [2.45, 2.75) is 12.5 Å². The summed E-state index contributed by atoms with van der Waals surface area (Å²) in [5.41, 5.74) is 0.567. The smallest absolute Gasteiger partial charge is 0.193 e. The number of rotatable bonds is 0. The van der Waals surface area contributed by atoms with E-state index in [-0.39, 0.29) is 0 Å². The third kappa shape index (κ3) is 1.17. The van der Waals surface area contributed by atoms with Crippen LogP contribution in [-0.4, -0.2) is 22.1 Å². The first-order chi connectivity index (χ1) is 3.29. The normalized spacial score (nSPS) is 30.6. The largest absolute Gasteiger partial charge is 0.363 e. The van der Waals surface area contributed by atoms with Gasteiger partial charge in [0.25, 0.3) is 0 Å². The molecule has 0 saturated heterocycles. The minimum Gasteiger partial charge on any atom is -0.363 e. The zero-order chi connectivity index (χ0) is 5.28. The molecule has 0 aromatic heterocycles. The molecular formula is C4H7NOS. The van der Waals surface area contributed by atoms with E-state index < -0.39 is 5.56 Å². The fraction of sp³-hybridized carbons (Fsp3) is 0.750. The minimum absolute atomic E-state index is 0.472. The SMILES string of the molecule is CC1=NC(O)SC1. The molecule has 0 radical (unpaired) electrons. The molecule has 3 heteroatoms. The van der Waals surface area contributed by atoms with Crippen LogP contribution >= 0.6 is 11.8 Å². The highest BCUT2D eigenvalue weighted by atomic mass is 32.2. The Hall–Kier alpha value is -0.0200. The second kappa shape index (κ2) is 1.84. The molecule has 1 rings (SSSR count). The lowest BCUT2D eigenvalue weighted by Gasteiger charge is -1.88. The maximum absolute atomic E-state index is 8.68. The van der Waals surface area contributed by atoms with Crippen LogP contribution in [0.2, 0.25) is 0 Å². The van der Waals surface area contributed by atoms with Crippen molar-refractivity contribution in [3.8, 4) is 0 Å². The summed E-state index contributed by atoms with van der Waals surface area (Å²) in [6.07, 6.45) is 0. The monoisotopic (exact) mass is 117 g/mol. The topological polar surface area (TPSA) is 32.6 Å². The average Bonchev–Trinajstić information content (AvgIpc) is 1.87. The van der Waals surface area contributed by atoms with E-state index in [4.69, 9.17) is 5.11 Å². The Balaban J connectivity index is 2.50. The average molecular weight is 117 g/mol. The van der Waals surface area contributed by atoms with Gasteiger partial charge in [0, 0.05) is 11.5 Å². The maximum Gasteiger partial charge on any atom is 0.193 e. The van der Waals surface area contributed by atoms with Crippen LogP contribution in [0.1, 0.15) is 6.92 Å². The fourth-order valence-electron chi connectivity index (χ4n) is 0.458. The van der Waals surface area contributed by atoms with Crippen LogP contribution in [0.3, 0.4) is 0 Å². The number of aliphatic hydroxyl groups is 1. The van der Waals surface area contributed by atoms with Gasteiger partial charge in [-0.1, -0.05) is 0 Å². The Morgan fingerprint density at radius 2 is 2.71 bits per heavy atom. The highest BCUT2D eigenvalue weighted by Gasteiger charge is 2.09. The molecule has 7 heavy (non-hydrogen) atoms. The number of thioether (sulfide) groups is 1. The van der Waals surface area contributed by atoms with E-state index in [2.05, 4.69) is 4.99 Å². The van der Waals surface area contributed by atoms with Crippen molar-refractivity contribution in [3.63, 3.8) is 0 Å². The molecule has 0 aromatic rings. The number of hydrogen-bond donors (Lipinski definition) is 1. The molecule has 0 aliphatic carbocycles. The molecule has 0 saturated carbocycles. The molecule has 1 N–H and O–H groups in total. The summed E-state index contributed by atoms with van der Waals surface area (Å²) in [4.78, 5) is 3.82. The van der Waals surface area contributed by atoms with Crippen molar-refractivity contribution in [3.05, 3.63) is 0 Å². The van der Waals surface area contributed by atoms with Crippen LogP contribution in [0.25, 0.3) is 0 Å². The van der Waals surface area contributed by atoms with Gasteiger partial charge in [0.15, 0.2) is 5.56 Å². The lowest BCUT2D eigenvalue weighted by atomic mass is 10.5. The van der Waals surface area contributed by atoms with E-state index in [9.17, 15) is 0 Å². The van der Waals surface area contributed by atoms with Crippen molar-refractivity contribution < 1.29 is 5.11 Å². The second-order valence-electron chi connectivity index (χ2n) is 1.50. The standard InChI is InChI=1S/C4H7NOS/c1-3-2-7-4(6)5-3/h4,6H,2H2,1H3. The molecule has 0 spiro atoms. The van der Waals surface area contributed by atoms with Gasteiger partial charge in [0.1, 0.15) is 0 Å². The number of aliphatic hydroxyl groups excluding tert-OH is 1. The van der Waals surface area contributed by atoms with Crippen LogP contribution in [0.15, 0.2) is 4.99 Å². The fourth-order valence-corrected chi connectivity index (χ4v) is 1.18. The molecule has 0 aromatic carbocycles. The van der Waals surface area contributed by atoms with Gasteiger partial charge in [-0.25, -0.2) is 0 Å². The number of nitrogens with zero attached hydrogens (tertiary/aromatic N) is 1. The van der Waals surface area contributed by atoms with Gasteiger partial charge in [0.05, 0.1) is 0 Å². The Morgan fingerprint density at radius 1 is 2.00 bits per heavy atom. The molecule has 0 bridgehead atoms. The Bertz CT molecular complexity index is 102. The van der Waals surface area contributed by atoms with E-state index in [0.717, 1.165) is 11.5 Å². The molecule has 2 nitrogen and oxygen atoms in total. The van der Waals surface area contributed by atoms with Crippen LogP contribution < -0.4 is 0 Å². The van der Waals surface area contributed by atoms with E-state index in [0.29, 0.717) is 0 Å². The highest BCUT2D eigenvalue weighted by Crippen LogP contribution is 2.16. The van der Waals surface area contributed by atoms with Gasteiger partial charge in [-0.3, -0.25) is 4.99 Å². The molecule has 1 atom stereocenters. The zero-order valence-corrected chi connectivity index (χ0v) is 4.90. The lowest BCUT2D eigenvalue weighted by molar-refractivity contribution is 0.277. The first-order valence-electron chi connectivity index (χ1n) is 2.12. The first-order valence-corrected chi connectivity index (χ1v) is 3.17.